The summed E-state index contributed by atoms with van der Waals surface area (Å²) in [4.78, 5) is 17.9. The molecule has 1 fully saturated rings. The zero-order valence-corrected chi connectivity index (χ0v) is 19.2. The molecule has 1 aliphatic heterocycles. The van der Waals surface area contributed by atoms with Crippen LogP contribution in [0.5, 0.6) is 17.2 Å². The van der Waals surface area contributed by atoms with Crippen molar-refractivity contribution in [3.63, 3.8) is 0 Å². The number of ether oxygens (including phenoxy) is 3. The van der Waals surface area contributed by atoms with Gasteiger partial charge in [0.15, 0.2) is 18.1 Å². The second-order valence-electron chi connectivity index (χ2n) is 8.26. The fourth-order valence-electron chi connectivity index (χ4n) is 4.25. The van der Waals surface area contributed by atoms with Crippen LogP contribution in [0.3, 0.4) is 0 Å². The third kappa shape index (κ3) is 4.39. The zero-order valence-electron chi connectivity index (χ0n) is 19.2. The number of amides is 1. The molecule has 1 amide bonds. The number of aromatic amines is 1. The van der Waals surface area contributed by atoms with E-state index in [1.807, 2.05) is 41.3 Å². The van der Waals surface area contributed by atoms with Crippen molar-refractivity contribution in [2.45, 2.75) is 19.8 Å². The van der Waals surface area contributed by atoms with Gasteiger partial charge in [-0.05, 0) is 47.9 Å². The van der Waals surface area contributed by atoms with E-state index in [0.29, 0.717) is 17.2 Å². The topological polar surface area (TPSA) is 75.8 Å². The Hall–Kier alpha value is -3.19. The molecule has 3 aromatic rings. The summed E-state index contributed by atoms with van der Waals surface area (Å²) in [6, 6.07) is 11.9. The molecule has 7 nitrogen and oxygen atoms in total. The predicted molar refractivity (Wildman–Crippen MR) is 126 cm³/mol. The summed E-state index contributed by atoms with van der Waals surface area (Å²) in [5, 5.41) is 4.35. The summed E-state index contributed by atoms with van der Waals surface area (Å²) in [5.74, 6) is 2.39. The largest absolute Gasteiger partial charge is 0.493 e. The Bertz CT molecular complexity index is 1100. The first-order valence-corrected chi connectivity index (χ1v) is 11.0. The monoisotopic (exact) mass is 437 g/mol. The van der Waals surface area contributed by atoms with Crippen LogP contribution in [0.4, 0.5) is 0 Å². The molecule has 0 radical (unpaired) electrons. The first kappa shape index (κ1) is 22.0. The van der Waals surface area contributed by atoms with Crippen LogP contribution >= 0.6 is 0 Å². The van der Waals surface area contributed by atoms with E-state index in [1.165, 1.54) is 5.56 Å². The summed E-state index contributed by atoms with van der Waals surface area (Å²) in [6.45, 7) is 7.52. The van der Waals surface area contributed by atoms with Gasteiger partial charge in [0.05, 0.1) is 19.9 Å². The SMILES string of the molecule is COc1ccc(-c2[nH]c3ccc(OCC(=O)N4CCNCC4)cc3c2C(C)C)cc1OC. The number of piperazine rings is 1. The van der Waals surface area contributed by atoms with Gasteiger partial charge < -0.3 is 29.4 Å². The fourth-order valence-corrected chi connectivity index (χ4v) is 4.25. The lowest BCUT2D eigenvalue weighted by molar-refractivity contribution is -0.133. The average Bonchev–Trinajstić information content (AvgIpc) is 3.21. The van der Waals surface area contributed by atoms with E-state index in [4.69, 9.17) is 14.2 Å². The highest BCUT2D eigenvalue weighted by molar-refractivity contribution is 5.92. The minimum Gasteiger partial charge on any atom is -0.493 e. The number of hydrogen-bond donors (Lipinski definition) is 2. The van der Waals surface area contributed by atoms with E-state index in [1.54, 1.807) is 14.2 Å². The molecule has 7 heteroatoms. The number of carbonyl (C=O) groups excluding carboxylic acids is 1. The number of aromatic nitrogens is 1. The summed E-state index contributed by atoms with van der Waals surface area (Å²) >= 11 is 0. The van der Waals surface area contributed by atoms with Crippen molar-refractivity contribution in [3.05, 3.63) is 42.0 Å². The molecule has 0 aliphatic carbocycles. The third-order valence-corrected chi connectivity index (χ3v) is 5.89. The van der Waals surface area contributed by atoms with Gasteiger partial charge in [0.25, 0.3) is 5.91 Å². The molecular formula is C25H31N3O4. The Morgan fingerprint density at radius 2 is 1.78 bits per heavy atom. The predicted octanol–water partition coefficient (Wildman–Crippen LogP) is 3.79. The van der Waals surface area contributed by atoms with E-state index in [9.17, 15) is 4.79 Å². The van der Waals surface area contributed by atoms with Crippen molar-refractivity contribution >= 4 is 16.8 Å². The van der Waals surface area contributed by atoms with Crippen LogP contribution in [0.1, 0.15) is 25.3 Å². The highest BCUT2D eigenvalue weighted by Crippen LogP contribution is 2.39. The number of rotatable bonds is 7. The molecule has 1 saturated heterocycles. The summed E-state index contributed by atoms with van der Waals surface area (Å²) in [5.41, 5.74) is 4.30. The summed E-state index contributed by atoms with van der Waals surface area (Å²) in [7, 11) is 3.27. The van der Waals surface area contributed by atoms with Gasteiger partial charge in [-0.3, -0.25) is 4.79 Å². The van der Waals surface area contributed by atoms with Crippen molar-refractivity contribution in [1.29, 1.82) is 0 Å². The summed E-state index contributed by atoms with van der Waals surface area (Å²) in [6.07, 6.45) is 0. The Kier molecular flexibility index (Phi) is 6.55. The van der Waals surface area contributed by atoms with Gasteiger partial charge in [-0.2, -0.15) is 0 Å². The van der Waals surface area contributed by atoms with Gasteiger partial charge in [-0.25, -0.2) is 0 Å². The smallest absolute Gasteiger partial charge is 0.260 e. The number of nitrogens with one attached hydrogen (secondary N) is 2. The van der Waals surface area contributed by atoms with Gasteiger partial charge in [0, 0.05) is 42.6 Å². The van der Waals surface area contributed by atoms with E-state index in [0.717, 1.165) is 48.3 Å². The summed E-state index contributed by atoms with van der Waals surface area (Å²) < 4.78 is 16.8. The van der Waals surface area contributed by atoms with Gasteiger partial charge in [-0.1, -0.05) is 13.8 Å². The standard InChI is InChI=1S/C25H31N3O4/c1-16(2)24-19-14-18(32-15-23(29)28-11-9-26-10-12-28)6-7-20(19)27-25(24)17-5-8-21(30-3)22(13-17)31-4/h5-8,13-14,16,26-27H,9-12,15H2,1-4H3. The molecule has 170 valence electrons. The maximum absolute atomic E-state index is 12.5. The Labute approximate surface area is 188 Å². The molecule has 2 heterocycles. The van der Waals surface area contributed by atoms with Crippen molar-refractivity contribution in [2.75, 3.05) is 47.0 Å². The number of hydrogen-bond acceptors (Lipinski definition) is 5. The van der Waals surface area contributed by atoms with E-state index < -0.39 is 0 Å². The molecule has 32 heavy (non-hydrogen) atoms. The van der Waals surface area contributed by atoms with Crippen LogP contribution in [0, 0.1) is 0 Å². The number of nitrogens with zero attached hydrogens (tertiary/aromatic N) is 1. The quantitative estimate of drug-likeness (QED) is 0.588. The first-order valence-electron chi connectivity index (χ1n) is 11.0. The van der Waals surface area contributed by atoms with Crippen molar-refractivity contribution in [3.8, 4) is 28.5 Å². The first-order chi connectivity index (χ1) is 15.5. The molecular weight excluding hydrogens is 406 g/mol. The van der Waals surface area contributed by atoms with E-state index in [-0.39, 0.29) is 18.4 Å². The van der Waals surface area contributed by atoms with Gasteiger partial charge in [-0.15, -0.1) is 0 Å². The van der Waals surface area contributed by atoms with Crippen LogP contribution < -0.4 is 19.5 Å². The lowest BCUT2D eigenvalue weighted by Gasteiger charge is -2.27. The number of methoxy groups -OCH3 is 2. The Balaban J connectivity index is 1.63. The molecule has 0 spiro atoms. The van der Waals surface area contributed by atoms with Gasteiger partial charge in [0.1, 0.15) is 5.75 Å². The molecule has 0 atom stereocenters. The van der Waals surface area contributed by atoms with E-state index in [2.05, 4.69) is 24.1 Å². The van der Waals surface area contributed by atoms with Crippen LogP contribution in [0.25, 0.3) is 22.2 Å². The maximum Gasteiger partial charge on any atom is 0.260 e. The normalized spacial score (nSPS) is 14.1. The van der Waals surface area contributed by atoms with Crippen LogP contribution in [-0.4, -0.2) is 62.8 Å². The Morgan fingerprint density at radius 3 is 2.47 bits per heavy atom. The molecule has 1 aromatic heterocycles. The molecule has 0 saturated carbocycles. The van der Waals surface area contributed by atoms with E-state index >= 15 is 0 Å². The van der Waals surface area contributed by atoms with Crippen LogP contribution in [0.15, 0.2) is 36.4 Å². The third-order valence-electron chi connectivity index (χ3n) is 5.89. The number of benzene rings is 2. The molecule has 1 aliphatic rings. The maximum atomic E-state index is 12.5. The highest BCUT2D eigenvalue weighted by atomic mass is 16.5. The minimum atomic E-state index is 0.0239. The number of fused-ring (bicyclic) bond motifs is 1. The minimum absolute atomic E-state index is 0.0239. The van der Waals surface area contributed by atoms with Crippen molar-refractivity contribution in [1.82, 2.24) is 15.2 Å². The van der Waals surface area contributed by atoms with Crippen LogP contribution in [0.2, 0.25) is 0 Å². The van der Waals surface area contributed by atoms with Crippen LogP contribution in [-0.2, 0) is 4.79 Å². The lowest BCUT2D eigenvalue weighted by atomic mass is 9.96. The fraction of sp³-hybridized carbons (Fsp3) is 0.400. The number of H-pyrrole nitrogens is 1. The van der Waals surface area contributed by atoms with Gasteiger partial charge >= 0.3 is 0 Å². The van der Waals surface area contributed by atoms with Crippen molar-refractivity contribution in [2.24, 2.45) is 0 Å². The van der Waals surface area contributed by atoms with Gasteiger partial charge in [0.2, 0.25) is 0 Å². The average molecular weight is 438 g/mol. The second-order valence-corrected chi connectivity index (χ2v) is 8.26. The lowest BCUT2D eigenvalue weighted by Crippen LogP contribution is -2.47. The molecule has 4 rings (SSSR count). The second kappa shape index (κ2) is 9.53. The molecule has 2 N–H and O–H groups in total. The molecule has 2 aromatic carbocycles. The highest BCUT2D eigenvalue weighted by Gasteiger charge is 2.19. The molecule has 0 bridgehead atoms. The Morgan fingerprint density at radius 1 is 1.03 bits per heavy atom. The zero-order chi connectivity index (χ0) is 22.7. The number of carbonyl (C=O) groups is 1. The molecule has 0 unspecified atom stereocenters. The van der Waals surface area contributed by atoms with Crippen molar-refractivity contribution < 1.29 is 19.0 Å².